The van der Waals surface area contributed by atoms with Crippen molar-refractivity contribution in [2.45, 2.75) is 45.6 Å². The number of carbonyl (C=O) groups excluding carboxylic acids is 3. The first-order valence-electron chi connectivity index (χ1n) is 10.5. The monoisotopic (exact) mass is 387 g/mol. The fourth-order valence-corrected chi connectivity index (χ4v) is 4.57. The number of hydrogen-bond donors (Lipinski definition) is 0. The molecule has 2 saturated heterocycles. The highest BCUT2D eigenvalue weighted by atomic mass is 16.2. The Morgan fingerprint density at radius 3 is 2.46 bits per heavy atom. The fraction of sp³-hybridized carbons (Fsp3) is 0.700. The van der Waals surface area contributed by atoms with Gasteiger partial charge in [0.05, 0.1) is 5.69 Å². The fourth-order valence-electron chi connectivity index (χ4n) is 4.57. The molecule has 8 heteroatoms. The number of piperazine rings is 1. The summed E-state index contributed by atoms with van der Waals surface area (Å²) in [7, 11) is 0. The highest BCUT2D eigenvalue weighted by molar-refractivity contribution is 5.97. The molecule has 1 unspecified atom stereocenters. The van der Waals surface area contributed by atoms with Gasteiger partial charge >= 0.3 is 0 Å². The Morgan fingerprint density at radius 1 is 0.964 bits per heavy atom. The molecular formula is C20H29N5O3. The quantitative estimate of drug-likeness (QED) is 0.725. The van der Waals surface area contributed by atoms with E-state index in [0.29, 0.717) is 43.6 Å². The van der Waals surface area contributed by atoms with Gasteiger partial charge in [-0.1, -0.05) is 6.92 Å². The first kappa shape index (κ1) is 19.0. The van der Waals surface area contributed by atoms with Crippen LogP contribution in [0.5, 0.6) is 0 Å². The molecule has 0 aliphatic carbocycles. The van der Waals surface area contributed by atoms with E-state index in [2.05, 4.69) is 11.9 Å². The van der Waals surface area contributed by atoms with Crippen molar-refractivity contribution in [2.24, 2.45) is 5.92 Å². The van der Waals surface area contributed by atoms with Gasteiger partial charge in [0.1, 0.15) is 5.69 Å². The number of nitrogens with zero attached hydrogens (tertiary/aromatic N) is 5. The number of likely N-dealkylation sites (tertiary alicyclic amines) is 1. The van der Waals surface area contributed by atoms with Gasteiger partial charge in [-0.15, -0.1) is 0 Å². The van der Waals surface area contributed by atoms with Crippen molar-refractivity contribution in [3.8, 4) is 0 Å². The summed E-state index contributed by atoms with van der Waals surface area (Å²) < 4.78 is 1.99. The second-order valence-corrected chi connectivity index (χ2v) is 8.27. The van der Waals surface area contributed by atoms with E-state index in [9.17, 15) is 14.4 Å². The zero-order chi connectivity index (χ0) is 19.7. The lowest BCUT2D eigenvalue weighted by Gasteiger charge is -2.32. The minimum atomic E-state index is -0.109. The van der Waals surface area contributed by atoms with Crippen molar-refractivity contribution in [2.75, 3.05) is 39.3 Å². The summed E-state index contributed by atoms with van der Waals surface area (Å²) in [6.45, 7) is 6.56. The molecule has 152 valence electrons. The van der Waals surface area contributed by atoms with Gasteiger partial charge in [0, 0.05) is 45.8 Å². The van der Waals surface area contributed by atoms with Crippen LogP contribution in [0.4, 0.5) is 0 Å². The highest BCUT2D eigenvalue weighted by Crippen LogP contribution is 2.25. The molecule has 1 aromatic heterocycles. The smallest absolute Gasteiger partial charge is 0.289 e. The molecule has 0 spiro atoms. The summed E-state index contributed by atoms with van der Waals surface area (Å²) in [5, 5.41) is 0. The number of imidazole rings is 1. The van der Waals surface area contributed by atoms with Crippen LogP contribution in [-0.2, 0) is 17.8 Å². The molecule has 2 fully saturated rings. The maximum absolute atomic E-state index is 13.2. The third-order valence-electron chi connectivity index (χ3n) is 6.21. The molecule has 0 saturated carbocycles. The maximum Gasteiger partial charge on any atom is 0.289 e. The van der Waals surface area contributed by atoms with Crippen molar-refractivity contribution < 1.29 is 14.4 Å². The van der Waals surface area contributed by atoms with Gasteiger partial charge in [0.25, 0.3) is 11.8 Å². The Labute approximate surface area is 165 Å². The number of amides is 3. The number of carbonyl (C=O) groups is 3. The molecule has 0 N–H and O–H groups in total. The van der Waals surface area contributed by atoms with Crippen LogP contribution in [0.1, 0.15) is 59.4 Å². The van der Waals surface area contributed by atoms with Crippen LogP contribution >= 0.6 is 0 Å². The SMILES string of the molecule is CC1CCCN(C(=O)c2nc(C(=O)N3CCN(C=O)CC3)c3n2CCCC3)C1. The summed E-state index contributed by atoms with van der Waals surface area (Å²) >= 11 is 0. The molecule has 1 atom stereocenters. The van der Waals surface area contributed by atoms with Gasteiger partial charge in [-0.05, 0) is 38.0 Å². The van der Waals surface area contributed by atoms with E-state index in [1.54, 1.807) is 9.80 Å². The molecule has 0 bridgehead atoms. The lowest BCUT2D eigenvalue weighted by Crippen LogP contribution is -2.48. The minimum Gasteiger partial charge on any atom is -0.342 e. The van der Waals surface area contributed by atoms with Crippen molar-refractivity contribution in [3.05, 3.63) is 17.2 Å². The van der Waals surface area contributed by atoms with E-state index in [-0.39, 0.29) is 11.8 Å². The number of fused-ring (bicyclic) bond motifs is 1. The molecule has 8 nitrogen and oxygen atoms in total. The van der Waals surface area contributed by atoms with Crippen LogP contribution in [0.15, 0.2) is 0 Å². The highest BCUT2D eigenvalue weighted by Gasteiger charge is 2.33. The molecule has 28 heavy (non-hydrogen) atoms. The second kappa shape index (κ2) is 7.93. The minimum absolute atomic E-state index is 0.0421. The molecule has 3 aliphatic rings. The third kappa shape index (κ3) is 3.52. The van der Waals surface area contributed by atoms with Crippen molar-refractivity contribution in [1.29, 1.82) is 0 Å². The Hall–Kier alpha value is -2.38. The summed E-state index contributed by atoms with van der Waals surface area (Å²) in [6.07, 6.45) is 5.81. The summed E-state index contributed by atoms with van der Waals surface area (Å²) in [4.78, 5) is 47.2. The van der Waals surface area contributed by atoms with E-state index in [0.717, 1.165) is 63.8 Å². The normalized spacial score (nSPS) is 22.8. The molecule has 4 heterocycles. The van der Waals surface area contributed by atoms with Crippen molar-refractivity contribution in [1.82, 2.24) is 24.3 Å². The van der Waals surface area contributed by atoms with Gasteiger partial charge in [-0.3, -0.25) is 14.4 Å². The summed E-state index contributed by atoms with van der Waals surface area (Å²) in [5.74, 6) is 0.782. The van der Waals surface area contributed by atoms with E-state index in [4.69, 9.17) is 0 Å². The Bertz CT molecular complexity index is 766. The van der Waals surface area contributed by atoms with Crippen LogP contribution in [0.25, 0.3) is 0 Å². The van der Waals surface area contributed by atoms with E-state index in [1.807, 2.05) is 9.47 Å². The number of hydrogen-bond acceptors (Lipinski definition) is 4. The number of aromatic nitrogens is 2. The average Bonchev–Trinajstić information content (AvgIpc) is 3.12. The van der Waals surface area contributed by atoms with E-state index >= 15 is 0 Å². The van der Waals surface area contributed by atoms with Crippen LogP contribution in [0, 0.1) is 5.92 Å². The summed E-state index contributed by atoms with van der Waals surface area (Å²) in [6, 6.07) is 0. The van der Waals surface area contributed by atoms with Crippen molar-refractivity contribution in [3.63, 3.8) is 0 Å². The van der Waals surface area contributed by atoms with Gasteiger partial charge < -0.3 is 19.3 Å². The second-order valence-electron chi connectivity index (χ2n) is 8.27. The lowest BCUT2D eigenvalue weighted by molar-refractivity contribution is -0.119. The molecule has 0 radical (unpaired) electrons. The zero-order valence-corrected chi connectivity index (χ0v) is 16.6. The average molecular weight is 387 g/mol. The first-order chi connectivity index (χ1) is 13.6. The van der Waals surface area contributed by atoms with Gasteiger partial charge in [-0.25, -0.2) is 4.98 Å². The molecule has 4 rings (SSSR count). The van der Waals surface area contributed by atoms with E-state index in [1.165, 1.54) is 0 Å². The molecule has 3 aliphatic heterocycles. The molecule has 0 aromatic carbocycles. The Balaban J connectivity index is 1.59. The predicted molar refractivity (Wildman–Crippen MR) is 103 cm³/mol. The summed E-state index contributed by atoms with van der Waals surface area (Å²) in [5.41, 5.74) is 1.34. The number of piperidine rings is 1. The predicted octanol–water partition coefficient (Wildman–Crippen LogP) is 1.01. The third-order valence-corrected chi connectivity index (χ3v) is 6.21. The molecular weight excluding hydrogens is 358 g/mol. The Morgan fingerprint density at radius 2 is 1.75 bits per heavy atom. The van der Waals surface area contributed by atoms with Crippen LogP contribution in [0.2, 0.25) is 0 Å². The van der Waals surface area contributed by atoms with Crippen LogP contribution < -0.4 is 0 Å². The van der Waals surface area contributed by atoms with E-state index < -0.39 is 0 Å². The van der Waals surface area contributed by atoms with Crippen LogP contribution in [0.3, 0.4) is 0 Å². The maximum atomic E-state index is 13.2. The standard InChI is InChI=1S/C20H29N5O3/c1-15-5-4-7-24(13-15)20(28)18-21-17(16-6-2-3-8-25(16)18)19(27)23-11-9-22(14-26)10-12-23/h14-15H,2-13H2,1H3. The zero-order valence-electron chi connectivity index (χ0n) is 16.6. The number of rotatable bonds is 3. The van der Waals surface area contributed by atoms with Crippen LogP contribution in [-0.4, -0.2) is 81.7 Å². The topological polar surface area (TPSA) is 78.8 Å². The Kier molecular flexibility index (Phi) is 5.37. The first-order valence-corrected chi connectivity index (χ1v) is 10.5. The largest absolute Gasteiger partial charge is 0.342 e. The van der Waals surface area contributed by atoms with Gasteiger partial charge in [0.2, 0.25) is 6.41 Å². The van der Waals surface area contributed by atoms with Crippen molar-refractivity contribution >= 4 is 18.2 Å². The van der Waals surface area contributed by atoms with Gasteiger partial charge in [-0.2, -0.15) is 0 Å². The molecule has 1 aromatic rings. The lowest BCUT2D eigenvalue weighted by atomic mass is 10.0. The van der Waals surface area contributed by atoms with Gasteiger partial charge in [0.15, 0.2) is 5.82 Å². The molecule has 3 amide bonds.